The van der Waals surface area contributed by atoms with E-state index in [1.54, 1.807) is 7.05 Å². The highest BCUT2D eigenvalue weighted by atomic mass is 15.1. The zero-order valence-electron chi connectivity index (χ0n) is 9.86. The van der Waals surface area contributed by atoms with Gasteiger partial charge in [-0.15, -0.1) is 0 Å². The van der Waals surface area contributed by atoms with Crippen LogP contribution in [0, 0.1) is 10.8 Å². The molecule has 0 saturated carbocycles. The van der Waals surface area contributed by atoms with Gasteiger partial charge in [0, 0.05) is 18.8 Å². The Hall–Kier alpha value is -1.52. The van der Waals surface area contributed by atoms with E-state index in [2.05, 4.69) is 17.6 Å². The highest BCUT2D eigenvalue weighted by molar-refractivity contribution is 6.12. The van der Waals surface area contributed by atoms with Gasteiger partial charge in [-0.3, -0.25) is 5.41 Å². The highest BCUT2D eigenvalue weighted by Crippen LogP contribution is 2.10. The predicted molar refractivity (Wildman–Crippen MR) is 64.3 cm³/mol. The Morgan fingerprint density at radius 1 is 1.47 bits per heavy atom. The minimum atomic E-state index is -0.117. The number of rotatable bonds is 6. The fourth-order valence-corrected chi connectivity index (χ4v) is 0.976. The fraction of sp³-hybridized carbons (Fsp3) is 0.600. The van der Waals surface area contributed by atoms with Gasteiger partial charge in [0.05, 0.1) is 5.57 Å². The minimum absolute atomic E-state index is 0.0952. The van der Waals surface area contributed by atoms with Gasteiger partial charge in [-0.2, -0.15) is 0 Å². The molecule has 6 N–H and O–H groups in total. The van der Waals surface area contributed by atoms with Crippen molar-refractivity contribution in [1.82, 2.24) is 10.6 Å². The second-order valence-corrected chi connectivity index (χ2v) is 3.96. The van der Waals surface area contributed by atoms with Gasteiger partial charge in [0.25, 0.3) is 0 Å². The van der Waals surface area contributed by atoms with Crippen LogP contribution in [-0.4, -0.2) is 24.6 Å². The smallest absolute Gasteiger partial charge is 0.128 e. The normalized spacial score (nSPS) is 12.8. The lowest BCUT2D eigenvalue weighted by Crippen LogP contribution is -2.43. The van der Waals surface area contributed by atoms with Crippen LogP contribution < -0.4 is 16.4 Å². The molecule has 0 fully saturated rings. The van der Waals surface area contributed by atoms with Crippen LogP contribution in [0.25, 0.3) is 0 Å². The maximum absolute atomic E-state index is 7.34. The summed E-state index contributed by atoms with van der Waals surface area (Å²) in [7, 11) is 1.74. The molecule has 0 aliphatic carbocycles. The van der Waals surface area contributed by atoms with Gasteiger partial charge in [-0.25, -0.2) is 0 Å². The van der Waals surface area contributed by atoms with Crippen LogP contribution in [0.3, 0.4) is 0 Å². The first-order chi connectivity index (χ1) is 6.87. The molecule has 5 heteroatoms. The van der Waals surface area contributed by atoms with E-state index >= 15 is 0 Å². The number of hydrogen-bond donors (Lipinski definition) is 5. The maximum Gasteiger partial charge on any atom is 0.128 e. The third-order valence-corrected chi connectivity index (χ3v) is 2.30. The molecular weight excluding hydrogens is 190 g/mol. The Bertz CT molecular complexity index is 278. The molecule has 0 spiro atoms. The van der Waals surface area contributed by atoms with Crippen LogP contribution in [0.5, 0.6) is 0 Å². The maximum atomic E-state index is 7.34. The molecule has 0 aliphatic rings. The van der Waals surface area contributed by atoms with Gasteiger partial charge >= 0.3 is 0 Å². The standard InChI is InChI=1S/C10H21N5/c1-5-10(2,3)15-9(14-4)7(6-11)8(12)13/h6,11,14-15H,5H2,1-4H3,(H3,12,13)/b9-7+,11-6?. The quantitative estimate of drug-likeness (QED) is 0.332. The Kier molecular flexibility index (Phi) is 4.84. The van der Waals surface area contributed by atoms with Crippen LogP contribution in [0.1, 0.15) is 27.2 Å². The molecule has 0 aromatic heterocycles. The van der Waals surface area contributed by atoms with Crippen molar-refractivity contribution in [2.45, 2.75) is 32.7 Å². The molecule has 0 unspecified atom stereocenters. The summed E-state index contributed by atoms with van der Waals surface area (Å²) >= 11 is 0. The molecule has 0 radical (unpaired) electrons. The molecule has 0 atom stereocenters. The Morgan fingerprint density at radius 3 is 2.27 bits per heavy atom. The van der Waals surface area contributed by atoms with Gasteiger partial charge < -0.3 is 21.8 Å². The molecule has 0 amide bonds. The summed E-state index contributed by atoms with van der Waals surface area (Å²) in [5.41, 5.74) is 5.66. The topological polar surface area (TPSA) is 97.8 Å². The van der Waals surface area contributed by atoms with Crippen LogP contribution in [0.2, 0.25) is 0 Å². The third-order valence-electron chi connectivity index (χ3n) is 2.30. The van der Waals surface area contributed by atoms with E-state index in [9.17, 15) is 0 Å². The van der Waals surface area contributed by atoms with Crippen molar-refractivity contribution in [3.05, 3.63) is 11.4 Å². The molecule has 0 heterocycles. The van der Waals surface area contributed by atoms with E-state index in [-0.39, 0.29) is 11.4 Å². The van der Waals surface area contributed by atoms with E-state index in [0.717, 1.165) is 12.6 Å². The van der Waals surface area contributed by atoms with Crippen molar-refractivity contribution in [1.29, 1.82) is 10.8 Å². The van der Waals surface area contributed by atoms with Crippen molar-refractivity contribution in [3.63, 3.8) is 0 Å². The minimum Gasteiger partial charge on any atom is -0.384 e. The molecular formula is C10H21N5. The zero-order valence-corrected chi connectivity index (χ0v) is 9.86. The first-order valence-electron chi connectivity index (χ1n) is 4.93. The van der Waals surface area contributed by atoms with Gasteiger partial charge in [-0.1, -0.05) is 6.92 Å². The van der Waals surface area contributed by atoms with E-state index in [4.69, 9.17) is 16.6 Å². The van der Waals surface area contributed by atoms with Crippen LogP contribution >= 0.6 is 0 Å². The number of amidine groups is 1. The van der Waals surface area contributed by atoms with Crippen molar-refractivity contribution in [2.24, 2.45) is 5.73 Å². The zero-order chi connectivity index (χ0) is 12.1. The molecule has 0 rings (SSSR count). The van der Waals surface area contributed by atoms with Gasteiger partial charge in [-0.05, 0) is 20.3 Å². The van der Waals surface area contributed by atoms with Crippen molar-refractivity contribution >= 4 is 12.1 Å². The first kappa shape index (κ1) is 13.5. The molecule has 0 aromatic carbocycles. The third kappa shape index (κ3) is 4.01. The van der Waals surface area contributed by atoms with Gasteiger partial charge in [0.2, 0.25) is 0 Å². The Morgan fingerprint density at radius 2 is 2.00 bits per heavy atom. The molecule has 5 nitrogen and oxygen atoms in total. The molecule has 0 aromatic rings. The largest absolute Gasteiger partial charge is 0.384 e. The van der Waals surface area contributed by atoms with Crippen molar-refractivity contribution in [2.75, 3.05) is 7.05 Å². The molecule has 15 heavy (non-hydrogen) atoms. The van der Waals surface area contributed by atoms with E-state index in [0.29, 0.717) is 11.4 Å². The van der Waals surface area contributed by atoms with E-state index in [1.165, 1.54) is 0 Å². The Labute approximate surface area is 91.1 Å². The first-order valence-corrected chi connectivity index (χ1v) is 4.93. The summed E-state index contributed by atoms with van der Waals surface area (Å²) in [6, 6.07) is 0. The monoisotopic (exact) mass is 211 g/mol. The average molecular weight is 211 g/mol. The number of nitrogens with one attached hydrogen (secondary N) is 4. The lowest BCUT2D eigenvalue weighted by molar-refractivity contribution is 0.403. The van der Waals surface area contributed by atoms with Gasteiger partial charge in [0.15, 0.2) is 0 Å². The summed E-state index contributed by atoms with van der Waals surface area (Å²) < 4.78 is 0. The lowest BCUT2D eigenvalue weighted by Gasteiger charge is -2.28. The van der Waals surface area contributed by atoms with Gasteiger partial charge in [0.1, 0.15) is 11.7 Å². The van der Waals surface area contributed by atoms with Crippen LogP contribution in [0.4, 0.5) is 0 Å². The molecule has 86 valence electrons. The summed E-state index contributed by atoms with van der Waals surface area (Å²) in [6.07, 6.45) is 2.01. The fourth-order valence-electron chi connectivity index (χ4n) is 0.976. The van der Waals surface area contributed by atoms with Crippen molar-refractivity contribution in [3.8, 4) is 0 Å². The number of hydrogen-bond acceptors (Lipinski definition) is 4. The summed E-state index contributed by atoms with van der Waals surface area (Å²) in [5, 5.41) is 20.7. The predicted octanol–water partition coefficient (Wildman–Crippen LogP) is 0.781. The van der Waals surface area contributed by atoms with Crippen molar-refractivity contribution < 1.29 is 0 Å². The van der Waals surface area contributed by atoms with E-state index in [1.807, 2.05) is 13.8 Å². The molecule has 0 saturated heterocycles. The summed E-state index contributed by atoms with van der Waals surface area (Å²) in [4.78, 5) is 0. The van der Waals surface area contributed by atoms with Crippen LogP contribution in [-0.2, 0) is 0 Å². The SMILES string of the molecule is CCC(C)(C)N/C(NC)=C(\C=N)C(=N)N. The summed E-state index contributed by atoms with van der Waals surface area (Å²) in [5.74, 6) is 0.498. The van der Waals surface area contributed by atoms with E-state index < -0.39 is 0 Å². The molecule has 0 bridgehead atoms. The average Bonchev–Trinajstić information content (AvgIpc) is 2.16. The second kappa shape index (κ2) is 5.38. The Balaban J connectivity index is 5.04. The summed E-state index contributed by atoms with van der Waals surface area (Å²) in [6.45, 7) is 6.16. The van der Waals surface area contributed by atoms with Crippen LogP contribution in [0.15, 0.2) is 11.4 Å². The second-order valence-electron chi connectivity index (χ2n) is 3.96. The highest BCUT2D eigenvalue weighted by Gasteiger charge is 2.17. The lowest BCUT2D eigenvalue weighted by atomic mass is 10.0. The number of nitrogens with two attached hydrogens (primary N) is 1. The molecule has 0 aliphatic heterocycles.